The molecule has 4 nitrogen and oxygen atoms in total. The predicted octanol–water partition coefficient (Wildman–Crippen LogP) is 3.77. The van der Waals surface area contributed by atoms with Crippen molar-refractivity contribution in [2.24, 2.45) is 0 Å². The largest absolute Gasteiger partial charge is 0.494 e. The minimum absolute atomic E-state index is 0.0274. The minimum atomic E-state index is -0.570. The molecule has 0 amide bonds. The molecule has 5 heteroatoms. The lowest BCUT2D eigenvalue weighted by Gasteiger charge is -2.09. The summed E-state index contributed by atoms with van der Waals surface area (Å²) in [7, 11) is 1.76. The molecule has 1 atom stereocenters. The number of thiophene rings is 1. The molecule has 1 aromatic heterocycles. The van der Waals surface area contributed by atoms with Crippen LogP contribution in [0.2, 0.25) is 0 Å². The van der Waals surface area contributed by atoms with Crippen LogP contribution in [-0.2, 0) is 9.53 Å². The van der Waals surface area contributed by atoms with Crippen LogP contribution < -0.4 is 10.1 Å². The van der Waals surface area contributed by atoms with E-state index in [1.165, 1.54) is 0 Å². The minimum Gasteiger partial charge on any atom is -0.494 e. The summed E-state index contributed by atoms with van der Waals surface area (Å²) >= 11 is 1.55. The molecule has 120 valence electrons. The highest BCUT2D eigenvalue weighted by molar-refractivity contribution is 7.08. The zero-order valence-electron chi connectivity index (χ0n) is 13.2. The van der Waals surface area contributed by atoms with Crippen LogP contribution in [-0.4, -0.2) is 19.4 Å². The summed E-state index contributed by atoms with van der Waals surface area (Å²) in [5.41, 5.74) is 2.28. The van der Waals surface area contributed by atoms with E-state index in [1.54, 1.807) is 18.4 Å². The average Bonchev–Trinajstić information content (AvgIpc) is 3.20. The van der Waals surface area contributed by atoms with Crippen molar-refractivity contribution in [2.45, 2.75) is 19.4 Å². The van der Waals surface area contributed by atoms with Crippen molar-refractivity contribution in [1.29, 1.82) is 0 Å². The topological polar surface area (TPSA) is 47.6 Å². The maximum atomic E-state index is 12.8. The lowest BCUT2D eigenvalue weighted by molar-refractivity contribution is -0.120. The van der Waals surface area contributed by atoms with Crippen molar-refractivity contribution in [1.82, 2.24) is 5.32 Å². The van der Waals surface area contributed by atoms with Gasteiger partial charge in [-0.15, -0.1) is 0 Å². The normalized spacial score (nSPS) is 17.3. The van der Waals surface area contributed by atoms with Crippen LogP contribution in [0.4, 0.5) is 0 Å². The van der Waals surface area contributed by atoms with Gasteiger partial charge in [0.2, 0.25) is 5.78 Å². The summed E-state index contributed by atoms with van der Waals surface area (Å²) < 4.78 is 11.5. The molecule has 0 saturated carbocycles. The second-order valence-corrected chi connectivity index (χ2v) is 6.03. The number of rotatable bonds is 6. The Kier molecular flexibility index (Phi) is 4.67. The summed E-state index contributed by atoms with van der Waals surface area (Å²) in [6.07, 6.45) is 0.371. The standard InChI is InChI=1S/C18H19NO3S/c1-3-8-21-14-6-4-5-12(10-14)15-16(20)17(22-18(15)19-2)13-7-9-23-11-13/h4-7,9-11,17,19H,3,8H2,1-2H3. The Bertz CT molecular complexity index is 722. The van der Waals surface area contributed by atoms with Crippen molar-refractivity contribution in [2.75, 3.05) is 13.7 Å². The Labute approximate surface area is 139 Å². The van der Waals surface area contributed by atoms with E-state index in [9.17, 15) is 4.79 Å². The third-order valence-electron chi connectivity index (χ3n) is 3.62. The van der Waals surface area contributed by atoms with Crippen molar-refractivity contribution in [3.63, 3.8) is 0 Å². The molecule has 1 N–H and O–H groups in total. The molecule has 1 aromatic carbocycles. The molecule has 23 heavy (non-hydrogen) atoms. The quantitative estimate of drug-likeness (QED) is 0.876. The Morgan fingerprint density at radius 1 is 1.35 bits per heavy atom. The smallest absolute Gasteiger partial charge is 0.213 e. The van der Waals surface area contributed by atoms with Crippen molar-refractivity contribution >= 4 is 22.7 Å². The van der Waals surface area contributed by atoms with Gasteiger partial charge in [-0.1, -0.05) is 19.1 Å². The summed E-state index contributed by atoms with van der Waals surface area (Å²) in [6.45, 7) is 2.72. The van der Waals surface area contributed by atoms with Crippen LogP contribution >= 0.6 is 11.3 Å². The third-order valence-corrected chi connectivity index (χ3v) is 4.32. The molecule has 0 bridgehead atoms. The van der Waals surface area contributed by atoms with E-state index in [-0.39, 0.29) is 5.78 Å². The molecular formula is C18H19NO3S. The van der Waals surface area contributed by atoms with Gasteiger partial charge in [0.15, 0.2) is 12.0 Å². The van der Waals surface area contributed by atoms with Gasteiger partial charge in [-0.2, -0.15) is 11.3 Å². The fourth-order valence-corrected chi connectivity index (χ4v) is 3.21. The maximum Gasteiger partial charge on any atom is 0.213 e. The molecule has 1 aliphatic rings. The van der Waals surface area contributed by atoms with Crippen molar-refractivity contribution < 1.29 is 14.3 Å². The Morgan fingerprint density at radius 3 is 2.91 bits per heavy atom. The van der Waals surface area contributed by atoms with E-state index in [0.29, 0.717) is 18.1 Å². The van der Waals surface area contributed by atoms with Crippen LogP contribution in [0, 0.1) is 0 Å². The van der Waals surface area contributed by atoms with E-state index in [4.69, 9.17) is 9.47 Å². The highest BCUT2D eigenvalue weighted by atomic mass is 32.1. The van der Waals surface area contributed by atoms with Gasteiger partial charge >= 0.3 is 0 Å². The van der Waals surface area contributed by atoms with Gasteiger partial charge in [0.25, 0.3) is 0 Å². The van der Waals surface area contributed by atoms with Crippen LogP contribution in [0.25, 0.3) is 5.57 Å². The van der Waals surface area contributed by atoms with Crippen molar-refractivity contribution in [3.05, 3.63) is 58.1 Å². The zero-order valence-corrected chi connectivity index (χ0v) is 14.0. The van der Waals surface area contributed by atoms with E-state index in [1.807, 2.05) is 41.1 Å². The predicted molar refractivity (Wildman–Crippen MR) is 91.4 cm³/mol. The van der Waals surface area contributed by atoms with E-state index < -0.39 is 6.10 Å². The number of Topliss-reactive ketones (excluding diaryl/α,β-unsaturated/α-hetero) is 1. The van der Waals surface area contributed by atoms with Crippen LogP contribution in [0.15, 0.2) is 47.0 Å². The molecule has 3 rings (SSSR count). The Balaban J connectivity index is 1.92. The lowest BCUT2D eigenvalue weighted by atomic mass is 9.98. The Hall–Kier alpha value is -2.27. The molecule has 0 saturated heterocycles. The molecular weight excluding hydrogens is 310 g/mol. The van der Waals surface area contributed by atoms with Gasteiger partial charge in [-0.05, 0) is 40.9 Å². The first kappa shape index (κ1) is 15.6. The third kappa shape index (κ3) is 3.10. The monoisotopic (exact) mass is 329 g/mol. The summed E-state index contributed by atoms with van der Waals surface area (Å²) in [4.78, 5) is 12.8. The lowest BCUT2D eigenvalue weighted by Crippen LogP contribution is -2.09. The average molecular weight is 329 g/mol. The van der Waals surface area contributed by atoms with E-state index in [2.05, 4.69) is 12.2 Å². The summed E-state index contributed by atoms with van der Waals surface area (Å²) in [6, 6.07) is 9.51. The van der Waals surface area contributed by atoms with Crippen LogP contribution in [0.3, 0.4) is 0 Å². The highest BCUT2D eigenvalue weighted by Crippen LogP contribution is 2.38. The molecule has 0 radical (unpaired) electrons. The number of hydrogen-bond donors (Lipinski definition) is 1. The van der Waals surface area contributed by atoms with Gasteiger partial charge in [-0.25, -0.2) is 0 Å². The SMILES string of the molecule is CCCOc1cccc(C2=C(NC)OC(c3ccsc3)C2=O)c1. The van der Waals surface area contributed by atoms with Gasteiger partial charge in [0.1, 0.15) is 5.75 Å². The van der Waals surface area contributed by atoms with E-state index >= 15 is 0 Å². The van der Waals surface area contributed by atoms with Gasteiger partial charge < -0.3 is 14.8 Å². The second kappa shape index (κ2) is 6.87. The Morgan fingerprint density at radius 2 is 2.22 bits per heavy atom. The van der Waals surface area contributed by atoms with Gasteiger partial charge in [0, 0.05) is 12.6 Å². The fourth-order valence-electron chi connectivity index (χ4n) is 2.54. The maximum absolute atomic E-state index is 12.8. The zero-order chi connectivity index (χ0) is 16.2. The van der Waals surface area contributed by atoms with Gasteiger partial charge in [-0.3, -0.25) is 4.79 Å². The fraction of sp³-hybridized carbons (Fsp3) is 0.278. The first-order valence-electron chi connectivity index (χ1n) is 7.62. The highest BCUT2D eigenvalue weighted by Gasteiger charge is 2.37. The number of hydrogen-bond acceptors (Lipinski definition) is 5. The first-order chi connectivity index (χ1) is 11.2. The second-order valence-electron chi connectivity index (χ2n) is 5.25. The number of carbonyl (C=O) groups excluding carboxylic acids is 1. The summed E-state index contributed by atoms with van der Waals surface area (Å²) in [5.74, 6) is 1.25. The molecule has 2 heterocycles. The van der Waals surface area contributed by atoms with Crippen LogP contribution in [0.1, 0.15) is 30.6 Å². The number of carbonyl (C=O) groups is 1. The molecule has 1 unspecified atom stereocenters. The van der Waals surface area contributed by atoms with Crippen molar-refractivity contribution in [3.8, 4) is 5.75 Å². The summed E-state index contributed by atoms with van der Waals surface area (Å²) in [5, 5.41) is 6.89. The number of nitrogens with one attached hydrogen (secondary N) is 1. The molecule has 0 spiro atoms. The molecule has 0 aliphatic carbocycles. The molecule has 1 aliphatic heterocycles. The molecule has 0 fully saturated rings. The van der Waals surface area contributed by atoms with Gasteiger partial charge in [0.05, 0.1) is 12.2 Å². The number of benzene rings is 1. The first-order valence-corrected chi connectivity index (χ1v) is 8.57. The molecule has 2 aromatic rings. The van der Waals surface area contributed by atoms with Crippen LogP contribution in [0.5, 0.6) is 5.75 Å². The number of ketones is 1. The number of ether oxygens (including phenoxy) is 2. The van der Waals surface area contributed by atoms with E-state index in [0.717, 1.165) is 23.3 Å².